The summed E-state index contributed by atoms with van der Waals surface area (Å²) in [6, 6.07) is 4.18. The van der Waals surface area contributed by atoms with E-state index >= 15 is 0 Å². The molecule has 0 unspecified atom stereocenters. The van der Waals surface area contributed by atoms with Crippen molar-refractivity contribution in [1.82, 2.24) is 14.5 Å². The quantitative estimate of drug-likeness (QED) is 0.836. The molecule has 0 aromatic carbocycles. The number of anilines is 1. The Morgan fingerprint density at radius 2 is 2.37 bits per heavy atom. The number of hydrogen-bond donors (Lipinski definition) is 0. The minimum Gasteiger partial charge on any atom is -0.373 e. The van der Waals surface area contributed by atoms with Crippen LogP contribution in [-0.4, -0.2) is 40.3 Å². The van der Waals surface area contributed by atoms with Gasteiger partial charge in [0, 0.05) is 31.2 Å². The third-order valence-electron chi connectivity index (χ3n) is 3.37. The summed E-state index contributed by atoms with van der Waals surface area (Å²) in [6.45, 7) is 5.42. The third kappa shape index (κ3) is 2.93. The summed E-state index contributed by atoms with van der Waals surface area (Å²) in [5, 5.41) is 0. The Morgan fingerprint density at radius 1 is 1.42 bits per heavy atom. The highest BCUT2D eigenvalue weighted by atomic mass is 16.5. The molecule has 2 aromatic heterocycles. The lowest BCUT2D eigenvalue weighted by molar-refractivity contribution is 0.0296. The Kier molecular flexibility index (Phi) is 3.46. The van der Waals surface area contributed by atoms with E-state index in [1.165, 1.54) is 5.69 Å². The molecule has 5 nitrogen and oxygen atoms in total. The van der Waals surface area contributed by atoms with Crippen molar-refractivity contribution in [3.63, 3.8) is 0 Å². The van der Waals surface area contributed by atoms with E-state index in [-0.39, 0.29) is 6.10 Å². The summed E-state index contributed by atoms with van der Waals surface area (Å²) in [6.07, 6.45) is 7.73. The Hall–Kier alpha value is -1.88. The van der Waals surface area contributed by atoms with E-state index in [1.807, 2.05) is 25.6 Å². The number of morpholine rings is 1. The Balaban J connectivity index is 1.66. The fraction of sp³-hybridized carbons (Fsp3) is 0.429. The van der Waals surface area contributed by atoms with Crippen LogP contribution in [0.2, 0.25) is 0 Å². The molecular formula is C14H18N4O. The fourth-order valence-corrected chi connectivity index (χ4v) is 2.34. The highest BCUT2D eigenvalue weighted by Crippen LogP contribution is 2.17. The van der Waals surface area contributed by atoms with Gasteiger partial charge in [-0.05, 0) is 19.1 Å². The standard InChI is InChI=1S/C14H18N4O/c1-12-2-3-13(8-16-12)18-6-7-19-14(10-18)9-17-5-4-15-11-17/h2-5,8,11,14H,6-7,9-10H2,1H3/t14-/m1/s1. The second-order valence-corrected chi connectivity index (χ2v) is 4.86. The van der Waals surface area contributed by atoms with Crippen molar-refractivity contribution >= 4 is 5.69 Å². The van der Waals surface area contributed by atoms with Crippen LogP contribution in [0.1, 0.15) is 5.69 Å². The third-order valence-corrected chi connectivity index (χ3v) is 3.37. The molecule has 0 saturated carbocycles. The molecule has 1 atom stereocenters. The van der Waals surface area contributed by atoms with Crippen LogP contribution < -0.4 is 4.90 Å². The predicted octanol–water partition coefficient (Wildman–Crippen LogP) is 1.49. The van der Waals surface area contributed by atoms with Crippen LogP contribution in [-0.2, 0) is 11.3 Å². The summed E-state index contributed by atoms with van der Waals surface area (Å²) < 4.78 is 7.87. The van der Waals surface area contributed by atoms with Crippen molar-refractivity contribution < 1.29 is 4.74 Å². The topological polar surface area (TPSA) is 43.2 Å². The van der Waals surface area contributed by atoms with Gasteiger partial charge in [0.2, 0.25) is 0 Å². The second-order valence-electron chi connectivity index (χ2n) is 4.86. The minimum absolute atomic E-state index is 0.198. The zero-order valence-corrected chi connectivity index (χ0v) is 11.1. The second kappa shape index (κ2) is 5.40. The van der Waals surface area contributed by atoms with Gasteiger partial charge >= 0.3 is 0 Å². The summed E-state index contributed by atoms with van der Waals surface area (Å²) in [4.78, 5) is 10.7. The summed E-state index contributed by atoms with van der Waals surface area (Å²) in [5.41, 5.74) is 2.22. The van der Waals surface area contributed by atoms with Crippen molar-refractivity contribution in [3.05, 3.63) is 42.7 Å². The van der Waals surface area contributed by atoms with Crippen LogP contribution >= 0.6 is 0 Å². The average Bonchev–Trinajstić information content (AvgIpc) is 2.93. The number of pyridine rings is 1. The number of aryl methyl sites for hydroxylation is 1. The van der Waals surface area contributed by atoms with E-state index in [0.29, 0.717) is 0 Å². The number of nitrogens with zero attached hydrogens (tertiary/aromatic N) is 4. The molecule has 0 radical (unpaired) electrons. The molecule has 1 saturated heterocycles. The molecule has 2 aromatic rings. The van der Waals surface area contributed by atoms with E-state index in [0.717, 1.165) is 31.9 Å². The van der Waals surface area contributed by atoms with Gasteiger partial charge in [0.05, 0.1) is 37.5 Å². The molecular weight excluding hydrogens is 240 g/mol. The molecule has 0 bridgehead atoms. The monoisotopic (exact) mass is 258 g/mol. The number of rotatable bonds is 3. The van der Waals surface area contributed by atoms with Gasteiger partial charge < -0.3 is 14.2 Å². The molecule has 3 heterocycles. The van der Waals surface area contributed by atoms with E-state index in [4.69, 9.17) is 4.74 Å². The van der Waals surface area contributed by atoms with Crippen molar-refractivity contribution in [3.8, 4) is 0 Å². The molecule has 0 amide bonds. The number of imidazole rings is 1. The maximum absolute atomic E-state index is 5.82. The van der Waals surface area contributed by atoms with Gasteiger partial charge in [-0.2, -0.15) is 0 Å². The average molecular weight is 258 g/mol. The molecule has 5 heteroatoms. The maximum Gasteiger partial charge on any atom is 0.0946 e. The summed E-state index contributed by atoms with van der Waals surface area (Å²) in [5.74, 6) is 0. The first-order valence-corrected chi connectivity index (χ1v) is 6.56. The van der Waals surface area contributed by atoms with Gasteiger partial charge in [0.1, 0.15) is 0 Å². The van der Waals surface area contributed by atoms with E-state index in [2.05, 4.69) is 31.6 Å². The molecule has 1 aliphatic heterocycles. The minimum atomic E-state index is 0.198. The Labute approximate surface area is 112 Å². The zero-order valence-electron chi connectivity index (χ0n) is 11.1. The van der Waals surface area contributed by atoms with Crippen molar-refractivity contribution in [1.29, 1.82) is 0 Å². The molecule has 1 fully saturated rings. The van der Waals surface area contributed by atoms with Gasteiger partial charge in [-0.25, -0.2) is 4.98 Å². The van der Waals surface area contributed by atoms with Crippen molar-refractivity contribution in [2.24, 2.45) is 0 Å². The van der Waals surface area contributed by atoms with Crippen LogP contribution in [0.15, 0.2) is 37.1 Å². The summed E-state index contributed by atoms with van der Waals surface area (Å²) >= 11 is 0. The highest BCUT2D eigenvalue weighted by molar-refractivity contribution is 5.44. The van der Waals surface area contributed by atoms with Gasteiger partial charge in [-0.3, -0.25) is 4.98 Å². The molecule has 1 aliphatic rings. The number of ether oxygens (including phenoxy) is 1. The van der Waals surface area contributed by atoms with Crippen LogP contribution in [0.5, 0.6) is 0 Å². The molecule has 0 aliphatic carbocycles. The van der Waals surface area contributed by atoms with Crippen LogP contribution in [0.4, 0.5) is 5.69 Å². The van der Waals surface area contributed by atoms with E-state index in [9.17, 15) is 0 Å². The molecule has 19 heavy (non-hydrogen) atoms. The smallest absolute Gasteiger partial charge is 0.0946 e. The lowest BCUT2D eigenvalue weighted by Gasteiger charge is -2.34. The van der Waals surface area contributed by atoms with Crippen LogP contribution in [0.25, 0.3) is 0 Å². The van der Waals surface area contributed by atoms with E-state index in [1.54, 1.807) is 6.20 Å². The number of hydrogen-bond acceptors (Lipinski definition) is 4. The first-order chi connectivity index (χ1) is 9.31. The zero-order chi connectivity index (χ0) is 13.1. The fourth-order valence-electron chi connectivity index (χ4n) is 2.34. The maximum atomic E-state index is 5.82. The van der Waals surface area contributed by atoms with E-state index < -0.39 is 0 Å². The first kappa shape index (κ1) is 12.2. The molecule has 0 spiro atoms. The van der Waals surface area contributed by atoms with Crippen molar-refractivity contribution in [2.75, 3.05) is 24.6 Å². The van der Waals surface area contributed by atoms with Crippen molar-refractivity contribution in [2.45, 2.75) is 19.6 Å². The molecule has 3 rings (SSSR count). The van der Waals surface area contributed by atoms with Gasteiger partial charge in [-0.15, -0.1) is 0 Å². The van der Waals surface area contributed by atoms with Gasteiger partial charge in [0.25, 0.3) is 0 Å². The first-order valence-electron chi connectivity index (χ1n) is 6.56. The van der Waals surface area contributed by atoms with Gasteiger partial charge in [-0.1, -0.05) is 0 Å². The largest absolute Gasteiger partial charge is 0.373 e. The predicted molar refractivity (Wildman–Crippen MR) is 73.2 cm³/mol. The Bertz CT molecular complexity index is 509. The lowest BCUT2D eigenvalue weighted by Crippen LogP contribution is -2.44. The highest BCUT2D eigenvalue weighted by Gasteiger charge is 2.21. The normalized spacial score (nSPS) is 19.6. The van der Waals surface area contributed by atoms with Gasteiger partial charge in [0.15, 0.2) is 0 Å². The van der Waals surface area contributed by atoms with Crippen LogP contribution in [0.3, 0.4) is 0 Å². The SMILES string of the molecule is Cc1ccc(N2CCO[C@H](Cn3ccnc3)C2)cn1. The Morgan fingerprint density at radius 3 is 3.11 bits per heavy atom. The molecule has 100 valence electrons. The number of aromatic nitrogens is 3. The summed E-state index contributed by atoms with van der Waals surface area (Å²) in [7, 11) is 0. The lowest BCUT2D eigenvalue weighted by atomic mass is 10.2. The van der Waals surface area contributed by atoms with Crippen LogP contribution in [0, 0.1) is 6.92 Å². The molecule has 0 N–H and O–H groups in total.